The zero-order valence-electron chi connectivity index (χ0n) is 27.7. The van der Waals surface area contributed by atoms with E-state index in [1.54, 1.807) is 44.2 Å². The van der Waals surface area contributed by atoms with E-state index in [2.05, 4.69) is 6.58 Å². The Kier molecular flexibility index (Phi) is 9.08. The van der Waals surface area contributed by atoms with Crippen molar-refractivity contribution in [1.82, 2.24) is 0 Å². The molecule has 3 saturated carbocycles. The van der Waals surface area contributed by atoms with E-state index in [-0.39, 0.29) is 37.5 Å². The smallest absolute Gasteiger partial charge is 0.455 e. The Labute approximate surface area is 274 Å². The molecule has 0 amide bonds. The maximum Gasteiger partial charge on any atom is 0.508 e. The van der Waals surface area contributed by atoms with Gasteiger partial charge >= 0.3 is 24.1 Å². The summed E-state index contributed by atoms with van der Waals surface area (Å²) in [5.41, 5.74) is -6.34. The number of hydrogen-bond acceptors (Lipinski definition) is 12. The Bertz CT molecular complexity index is 1440. The molecule has 12 heteroatoms. The highest BCUT2D eigenvalue weighted by Crippen LogP contribution is 2.65. The van der Waals surface area contributed by atoms with Crippen LogP contribution in [-0.2, 0) is 42.8 Å². The number of Topliss-reactive ketones (excluding diaryl/α,β-unsaturated/α-hetero) is 1. The molecule has 0 aromatic heterocycles. The molecule has 4 fully saturated rings. The first-order valence-corrected chi connectivity index (χ1v) is 16.0. The van der Waals surface area contributed by atoms with Crippen molar-refractivity contribution in [1.29, 1.82) is 0 Å². The van der Waals surface area contributed by atoms with E-state index in [0.29, 0.717) is 6.42 Å². The van der Waals surface area contributed by atoms with Crippen LogP contribution >= 0.6 is 0 Å². The van der Waals surface area contributed by atoms with E-state index >= 15 is 4.79 Å². The van der Waals surface area contributed by atoms with Gasteiger partial charge in [-0.2, -0.15) is 0 Å². The van der Waals surface area contributed by atoms with Gasteiger partial charge in [-0.15, -0.1) is 0 Å². The van der Waals surface area contributed by atoms with Crippen LogP contribution in [0.5, 0.6) is 0 Å². The molecular formula is C35H44O12. The van der Waals surface area contributed by atoms with Crippen molar-refractivity contribution in [3.05, 3.63) is 48.6 Å². The lowest BCUT2D eigenvalue weighted by Crippen LogP contribution is -2.82. The number of fused-ring (bicyclic) bond motifs is 5. The number of carbonyl (C=O) groups is 5. The van der Waals surface area contributed by atoms with E-state index in [0.717, 1.165) is 0 Å². The number of ether oxygens (including phenoxy) is 6. The molecule has 0 radical (unpaired) electrons. The summed E-state index contributed by atoms with van der Waals surface area (Å²) in [6.07, 6.45) is -4.43. The highest BCUT2D eigenvalue weighted by atomic mass is 16.7. The van der Waals surface area contributed by atoms with Gasteiger partial charge in [-0.3, -0.25) is 14.4 Å². The fourth-order valence-electron chi connectivity index (χ4n) is 8.94. The second-order valence-corrected chi connectivity index (χ2v) is 14.1. The van der Waals surface area contributed by atoms with Gasteiger partial charge in [0, 0.05) is 31.6 Å². The van der Waals surface area contributed by atoms with Crippen molar-refractivity contribution in [2.75, 3.05) is 13.2 Å². The van der Waals surface area contributed by atoms with Gasteiger partial charge in [-0.25, -0.2) is 9.59 Å². The molecule has 1 saturated heterocycles. The third-order valence-electron chi connectivity index (χ3n) is 11.2. The predicted octanol–water partition coefficient (Wildman–Crippen LogP) is 3.96. The monoisotopic (exact) mass is 656 g/mol. The topological polar surface area (TPSA) is 161 Å². The Balaban J connectivity index is 1.80. The van der Waals surface area contributed by atoms with Crippen LogP contribution in [0.2, 0.25) is 0 Å². The summed E-state index contributed by atoms with van der Waals surface area (Å²) >= 11 is 0. The summed E-state index contributed by atoms with van der Waals surface area (Å²) in [5.74, 6) is -5.11. The average Bonchev–Trinajstić information content (AvgIpc) is 3.00. The first kappa shape index (κ1) is 34.6. The van der Waals surface area contributed by atoms with Crippen LogP contribution < -0.4 is 0 Å². The van der Waals surface area contributed by atoms with Crippen LogP contribution in [0.3, 0.4) is 0 Å². The van der Waals surface area contributed by atoms with Crippen molar-refractivity contribution in [2.45, 2.75) is 96.4 Å². The third kappa shape index (κ3) is 5.43. The minimum atomic E-state index is -1.87. The van der Waals surface area contributed by atoms with Crippen molar-refractivity contribution < 1.29 is 57.5 Å². The van der Waals surface area contributed by atoms with E-state index in [9.17, 15) is 24.3 Å². The zero-order chi connectivity index (χ0) is 34.5. The first-order valence-electron chi connectivity index (χ1n) is 16.0. The second kappa shape index (κ2) is 12.4. The molecule has 1 heterocycles. The fourth-order valence-corrected chi connectivity index (χ4v) is 8.94. The predicted molar refractivity (Wildman–Crippen MR) is 164 cm³/mol. The van der Waals surface area contributed by atoms with Crippen molar-refractivity contribution in [3.8, 4) is 0 Å². The summed E-state index contributed by atoms with van der Waals surface area (Å²) in [6, 6.07) is 8.19. The highest BCUT2D eigenvalue weighted by Gasteiger charge is 2.79. The van der Waals surface area contributed by atoms with Gasteiger partial charge in [0.1, 0.15) is 30.5 Å². The Morgan fingerprint density at radius 3 is 2.30 bits per heavy atom. The summed E-state index contributed by atoms with van der Waals surface area (Å²) in [4.78, 5) is 67.7. The van der Waals surface area contributed by atoms with Crippen LogP contribution in [0.15, 0.2) is 43.0 Å². The molecular weight excluding hydrogens is 612 g/mol. The zero-order valence-corrected chi connectivity index (χ0v) is 27.7. The van der Waals surface area contributed by atoms with Crippen LogP contribution in [-0.4, -0.2) is 83.8 Å². The standard InChI is InChI=1S/C35H44O12/c1-8-16-42-31(40)45-23-17-24-34(18-43-24,47-21(4)37)27-29(46-30(39)22-12-10-9-11-13-22)35(41)15-14-19(2)25(32(35,5)6)26(44-20(3)36)28(38)33(23,27)7/h8-13,19,23-27,29,41H,1,14-18H2,2-7H3/t19?,23-,24+,25?,26+,27-,29-,33+,34-,35+/m0/s1. The number of rotatable bonds is 7. The number of benzene rings is 1. The summed E-state index contributed by atoms with van der Waals surface area (Å²) in [5, 5.41) is 13.1. The third-order valence-corrected chi connectivity index (χ3v) is 11.2. The molecule has 1 N–H and O–H groups in total. The van der Waals surface area contributed by atoms with E-state index < -0.39 is 88.1 Å². The van der Waals surface area contributed by atoms with E-state index in [1.807, 2.05) is 6.92 Å². The molecule has 1 aromatic carbocycles. The largest absolute Gasteiger partial charge is 0.508 e. The number of carbonyl (C=O) groups excluding carboxylic acids is 5. The number of ketones is 1. The minimum Gasteiger partial charge on any atom is -0.455 e. The lowest BCUT2D eigenvalue weighted by molar-refractivity contribution is -0.352. The molecule has 5 rings (SSSR count). The fraction of sp³-hybridized carbons (Fsp3) is 0.629. The Hall–Kier alpha value is -3.77. The second-order valence-electron chi connectivity index (χ2n) is 14.1. The van der Waals surface area contributed by atoms with Crippen LogP contribution in [0.25, 0.3) is 0 Å². The molecule has 2 unspecified atom stereocenters. The van der Waals surface area contributed by atoms with Crippen LogP contribution in [0.4, 0.5) is 4.79 Å². The molecule has 4 aliphatic rings. The van der Waals surface area contributed by atoms with Crippen molar-refractivity contribution in [3.63, 3.8) is 0 Å². The molecule has 0 spiro atoms. The Morgan fingerprint density at radius 1 is 1.04 bits per heavy atom. The normalized spacial score (nSPS) is 38.4. The van der Waals surface area contributed by atoms with Crippen molar-refractivity contribution in [2.24, 2.45) is 28.6 Å². The molecule has 3 aliphatic carbocycles. The molecule has 256 valence electrons. The van der Waals surface area contributed by atoms with E-state index in [4.69, 9.17) is 28.4 Å². The lowest BCUT2D eigenvalue weighted by atomic mass is 9.42. The number of hydrogen-bond donors (Lipinski definition) is 1. The van der Waals surface area contributed by atoms with Crippen LogP contribution in [0, 0.1) is 28.6 Å². The minimum absolute atomic E-state index is 0.108. The summed E-state index contributed by atoms with van der Waals surface area (Å²) in [7, 11) is 0. The van der Waals surface area contributed by atoms with Gasteiger partial charge < -0.3 is 33.5 Å². The molecule has 2 bridgehead atoms. The molecule has 1 aromatic rings. The van der Waals surface area contributed by atoms with Gasteiger partial charge in [-0.1, -0.05) is 51.6 Å². The summed E-state index contributed by atoms with van der Waals surface area (Å²) in [6.45, 7) is 12.6. The van der Waals surface area contributed by atoms with Gasteiger partial charge in [0.05, 0.1) is 23.5 Å². The average molecular weight is 657 g/mol. The lowest BCUT2D eigenvalue weighted by Gasteiger charge is -2.68. The van der Waals surface area contributed by atoms with Crippen LogP contribution in [0.1, 0.15) is 71.2 Å². The molecule has 47 heavy (non-hydrogen) atoms. The van der Waals surface area contributed by atoms with Gasteiger partial charge in [0.15, 0.2) is 17.5 Å². The van der Waals surface area contributed by atoms with E-state index in [1.165, 1.54) is 26.8 Å². The quantitative estimate of drug-likeness (QED) is 0.256. The maximum absolute atomic E-state index is 15.3. The van der Waals surface area contributed by atoms with Crippen molar-refractivity contribution >= 4 is 29.8 Å². The van der Waals surface area contributed by atoms with Gasteiger partial charge in [0.2, 0.25) is 0 Å². The molecule has 10 atom stereocenters. The maximum atomic E-state index is 15.3. The number of esters is 3. The first-order chi connectivity index (χ1) is 22.0. The Morgan fingerprint density at radius 2 is 1.72 bits per heavy atom. The van der Waals surface area contributed by atoms with Gasteiger partial charge in [0.25, 0.3) is 0 Å². The molecule has 12 nitrogen and oxygen atoms in total. The SMILES string of the molecule is C=CCOC(=O)O[C@H]1C[C@H]2OC[C@@]2(OC(C)=O)[C@H]2[C@H](OC(=O)c3ccccc3)[C@]3(O)CCC(C)C([C@@H](OC(C)=O)C(=O)[C@]12C)C3(C)C. The summed E-state index contributed by atoms with van der Waals surface area (Å²) < 4.78 is 35.2. The number of aliphatic hydroxyl groups is 1. The van der Waals surface area contributed by atoms with Gasteiger partial charge in [-0.05, 0) is 37.8 Å². The molecule has 1 aliphatic heterocycles. The highest BCUT2D eigenvalue weighted by molar-refractivity contribution is 5.93.